The van der Waals surface area contributed by atoms with Gasteiger partial charge in [-0.3, -0.25) is 0 Å². The van der Waals surface area contributed by atoms with Gasteiger partial charge in [0.15, 0.2) is 0 Å². The van der Waals surface area contributed by atoms with Crippen molar-refractivity contribution in [1.29, 1.82) is 0 Å². The summed E-state index contributed by atoms with van der Waals surface area (Å²) in [6.45, 7) is 2.22. The molecule has 0 radical (unpaired) electrons. The zero-order valence-electron chi connectivity index (χ0n) is 15.6. The summed E-state index contributed by atoms with van der Waals surface area (Å²) < 4.78 is 0.941. The third-order valence-corrected chi connectivity index (χ3v) is 5.23. The first-order valence-electron chi connectivity index (χ1n) is 9.14. The van der Waals surface area contributed by atoms with Gasteiger partial charge in [0.1, 0.15) is 5.69 Å². The van der Waals surface area contributed by atoms with Gasteiger partial charge in [0, 0.05) is 9.13 Å². The SMILES string of the molecule is CCCCc1ccc(-c2ccc(C#Cc3ncc(N=C=S)cc3I)cc2)cc1. The predicted molar refractivity (Wildman–Crippen MR) is 128 cm³/mol. The number of isothiocyanates is 1. The molecule has 0 aliphatic heterocycles. The van der Waals surface area contributed by atoms with Gasteiger partial charge >= 0.3 is 0 Å². The summed E-state index contributed by atoms with van der Waals surface area (Å²) in [7, 11) is 0. The highest BCUT2D eigenvalue weighted by molar-refractivity contribution is 14.1. The summed E-state index contributed by atoms with van der Waals surface area (Å²) in [5.74, 6) is 6.31. The topological polar surface area (TPSA) is 25.2 Å². The summed E-state index contributed by atoms with van der Waals surface area (Å²) >= 11 is 6.82. The van der Waals surface area contributed by atoms with Crippen LogP contribution in [0.15, 0.2) is 65.8 Å². The van der Waals surface area contributed by atoms with E-state index in [2.05, 4.69) is 105 Å². The maximum absolute atomic E-state index is 4.62. The Balaban J connectivity index is 1.73. The van der Waals surface area contributed by atoms with Gasteiger partial charge in [-0.05, 0) is 88.5 Å². The number of hydrogen-bond donors (Lipinski definition) is 0. The van der Waals surface area contributed by atoms with Crippen LogP contribution in [-0.2, 0) is 6.42 Å². The Labute approximate surface area is 185 Å². The molecule has 3 rings (SSSR count). The number of benzene rings is 2. The van der Waals surface area contributed by atoms with Gasteiger partial charge in [0.2, 0.25) is 0 Å². The Hall–Kier alpha value is -2.32. The van der Waals surface area contributed by atoms with Crippen molar-refractivity contribution >= 4 is 45.7 Å². The molecule has 4 heteroatoms. The van der Waals surface area contributed by atoms with Gasteiger partial charge in [0.25, 0.3) is 0 Å². The summed E-state index contributed by atoms with van der Waals surface area (Å²) in [5.41, 5.74) is 6.21. The predicted octanol–water partition coefficient (Wildman–Crippen LogP) is 6.83. The van der Waals surface area contributed by atoms with Gasteiger partial charge in [-0.1, -0.05) is 55.7 Å². The van der Waals surface area contributed by atoms with Gasteiger partial charge in [0.05, 0.1) is 17.0 Å². The van der Waals surface area contributed by atoms with Crippen LogP contribution in [0.4, 0.5) is 5.69 Å². The van der Waals surface area contributed by atoms with Crippen LogP contribution in [0.2, 0.25) is 0 Å². The van der Waals surface area contributed by atoms with E-state index in [1.54, 1.807) is 6.20 Å². The van der Waals surface area contributed by atoms with Crippen LogP contribution in [0.3, 0.4) is 0 Å². The Morgan fingerprint density at radius 3 is 2.29 bits per heavy atom. The highest BCUT2D eigenvalue weighted by Gasteiger charge is 2.01. The van der Waals surface area contributed by atoms with Crippen molar-refractivity contribution in [3.8, 4) is 23.0 Å². The van der Waals surface area contributed by atoms with Gasteiger partial charge in [-0.15, -0.1) is 0 Å². The van der Waals surface area contributed by atoms with E-state index in [0.29, 0.717) is 5.69 Å². The van der Waals surface area contributed by atoms with E-state index < -0.39 is 0 Å². The molecule has 1 aromatic heterocycles. The van der Waals surface area contributed by atoms with Crippen LogP contribution in [0, 0.1) is 15.4 Å². The van der Waals surface area contributed by atoms with E-state index in [1.165, 1.54) is 29.5 Å². The van der Waals surface area contributed by atoms with Crippen molar-refractivity contribution < 1.29 is 0 Å². The molecule has 0 fully saturated rings. The van der Waals surface area contributed by atoms with Crippen LogP contribution >= 0.6 is 34.8 Å². The Kier molecular flexibility index (Phi) is 7.50. The quantitative estimate of drug-likeness (QED) is 0.168. The molecule has 2 aromatic carbocycles. The maximum atomic E-state index is 4.62. The zero-order chi connectivity index (χ0) is 19.8. The number of unbranched alkanes of at least 4 members (excludes halogenated alkanes) is 1. The van der Waals surface area contributed by atoms with Crippen LogP contribution in [0.1, 0.15) is 36.6 Å². The lowest BCUT2D eigenvalue weighted by atomic mass is 10.0. The third-order valence-electron chi connectivity index (χ3n) is 4.32. The summed E-state index contributed by atoms with van der Waals surface area (Å²) in [4.78, 5) is 8.28. The van der Waals surface area contributed by atoms with Gasteiger partial charge in [-0.25, -0.2) is 4.98 Å². The smallest absolute Gasteiger partial charge is 0.126 e. The standard InChI is InChI=1S/C24H19IN2S/c1-2-3-4-18-5-10-20(11-6-18)21-12-7-19(8-13-21)9-14-24-23(25)15-22(16-26-24)27-17-28/h5-8,10-13,15-16H,2-4H2,1H3. The van der Waals surface area contributed by atoms with Gasteiger partial charge in [-0.2, -0.15) is 4.99 Å². The molecule has 0 unspecified atom stereocenters. The van der Waals surface area contributed by atoms with E-state index in [1.807, 2.05) is 18.2 Å². The van der Waals surface area contributed by atoms with Crippen molar-refractivity contribution in [1.82, 2.24) is 4.98 Å². The first-order chi connectivity index (χ1) is 13.7. The number of hydrogen-bond acceptors (Lipinski definition) is 3. The lowest BCUT2D eigenvalue weighted by molar-refractivity contribution is 0.795. The van der Waals surface area contributed by atoms with Crippen molar-refractivity contribution in [3.05, 3.63) is 81.2 Å². The number of aryl methyl sites for hydroxylation is 1. The Morgan fingerprint density at radius 2 is 1.68 bits per heavy atom. The van der Waals surface area contributed by atoms with Gasteiger partial charge < -0.3 is 0 Å². The summed E-state index contributed by atoms with van der Waals surface area (Å²) in [5, 5.41) is 2.35. The molecule has 0 spiro atoms. The highest BCUT2D eigenvalue weighted by atomic mass is 127. The van der Waals surface area contributed by atoms with E-state index >= 15 is 0 Å². The first-order valence-corrected chi connectivity index (χ1v) is 10.6. The molecule has 0 bridgehead atoms. The van der Waals surface area contributed by atoms with E-state index in [0.717, 1.165) is 21.2 Å². The van der Waals surface area contributed by atoms with E-state index in [4.69, 9.17) is 0 Å². The number of nitrogens with zero attached hydrogens (tertiary/aromatic N) is 2. The molecule has 3 aromatic rings. The second-order valence-corrected chi connectivity index (χ2v) is 7.70. The molecule has 1 heterocycles. The van der Waals surface area contributed by atoms with Crippen molar-refractivity contribution in [3.63, 3.8) is 0 Å². The zero-order valence-corrected chi connectivity index (χ0v) is 18.5. The molecule has 0 aliphatic carbocycles. The highest BCUT2D eigenvalue weighted by Crippen LogP contribution is 2.21. The molecular weight excluding hydrogens is 475 g/mol. The Morgan fingerprint density at radius 1 is 1.00 bits per heavy atom. The molecule has 0 aliphatic rings. The molecule has 0 N–H and O–H groups in total. The van der Waals surface area contributed by atoms with Crippen LogP contribution in [-0.4, -0.2) is 10.1 Å². The van der Waals surface area contributed by atoms with Crippen LogP contribution in [0.5, 0.6) is 0 Å². The van der Waals surface area contributed by atoms with E-state index in [-0.39, 0.29) is 0 Å². The maximum Gasteiger partial charge on any atom is 0.126 e. The summed E-state index contributed by atoms with van der Waals surface area (Å²) in [6.07, 6.45) is 5.27. The number of thiocarbonyl (C=S) groups is 1. The summed E-state index contributed by atoms with van der Waals surface area (Å²) in [6, 6.07) is 19.1. The molecule has 28 heavy (non-hydrogen) atoms. The fourth-order valence-corrected chi connectivity index (χ4v) is 3.45. The number of halogens is 1. The number of aromatic nitrogens is 1. The second-order valence-electron chi connectivity index (χ2n) is 6.35. The molecule has 0 saturated heterocycles. The average molecular weight is 494 g/mol. The fraction of sp³-hybridized carbons (Fsp3) is 0.167. The van der Waals surface area contributed by atoms with Crippen LogP contribution in [0.25, 0.3) is 11.1 Å². The number of aliphatic imine (C=N–C) groups is 1. The van der Waals surface area contributed by atoms with Crippen LogP contribution < -0.4 is 0 Å². The lowest BCUT2D eigenvalue weighted by Gasteiger charge is -2.04. The molecule has 0 saturated carbocycles. The molecule has 0 atom stereocenters. The van der Waals surface area contributed by atoms with Crippen molar-refractivity contribution in [2.75, 3.05) is 0 Å². The van der Waals surface area contributed by atoms with Crippen molar-refractivity contribution in [2.24, 2.45) is 4.99 Å². The van der Waals surface area contributed by atoms with Crippen molar-refractivity contribution in [2.45, 2.75) is 26.2 Å². The minimum atomic E-state index is 0.690. The number of pyridine rings is 1. The lowest BCUT2D eigenvalue weighted by Crippen LogP contribution is -1.87. The monoisotopic (exact) mass is 494 g/mol. The minimum Gasteiger partial charge on any atom is -0.244 e. The molecular formula is C24H19IN2S. The Bertz CT molecular complexity index is 1050. The molecule has 0 amide bonds. The molecule has 138 valence electrons. The number of rotatable bonds is 5. The second kappa shape index (κ2) is 10.3. The largest absolute Gasteiger partial charge is 0.244 e. The normalized spacial score (nSPS) is 9.93. The first kappa shape index (κ1) is 20.4. The third kappa shape index (κ3) is 5.59. The minimum absolute atomic E-state index is 0.690. The fourth-order valence-electron chi connectivity index (χ4n) is 2.76. The van der Waals surface area contributed by atoms with E-state index in [9.17, 15) is 0 Å². The average Bonchev–Trinajstić information content (AvgIpc) is 2.73. The molecule has 2 nitrogen and oxygen atoms in total.